The largest absolute Gasteiger partial charge is 0.392 e. The van der Waals surface area contributed by atoms with Crippen molar-refractivity contribution in [1.29, 1.82) is 0 Å². The van der Waals surface area contributed by atoms with Gasteiger partial charge in [0, 0.05) is 12.3 Å². The fourth-order valence-electron chi connectivity index (χ4n) is 2.41. The molecule has 0 saturated carbocycles. The number of halogens is 2. The van der Waals surface area contributed by atoms with E-state index in [9.17, 15) is 8.42 Å². The normalized spacial score (nSPS) is 12.9. The summed E-state index contributed by atoms with van der Waals surface area (Å²) in [4.78, 5) is 0.301. The van der Waals surface area contributed by atoms with Crippen LogP contribution < -0.4 is 5.32 Å². The number of aliphatic hydroxyl groups excluding tert-OH is 1. The van der Waals surface area contributed by atoms with Gasteiger partial charge in [-0.25, -0.2) is 8.42 Å². The van der Waals surface area contributed by atoms with E-state index >= 15 is 0 Å². The summed E-state index contributed by atoms with van der Waals surface area (Å²) in [6.07, 6.45) is 1.80. The second-order valence-electron chi connectivity index (χ2n) is 5.76. The summed E-state index contributed by atoms with van der Waals surface area (Å²) in [5, 5.41) is 13.3. The number of sulfone groups is 1. The van der Waals surface area contributed by atoms with E-state index in [4.69, 9.17) is 28.3 Å². The third kappa shape index (κ3) is 4.86. The van der Waals surface area contributed by atoms with E-state index in [0.717, 1.165) is 5.56 Å². The molecule has 0 amide bonds. The number of hydrogen-bond acceptors (Lipinski definition) is 4. The molecule has 0 aliphatic heterocycles. The van der Waals surface area contributed by atoms with Crippen LogP contribution in [0.5, 0.6) is 0 Å². The lowest BCUT2D eigenvalue weighted by atomic mass is 10.1. The van der Waals surface area contributed by atoms with Gasteiger partial charge in [0.15, 0.2) is 9.84 Å². The minimum absolute atomic E-state index is 0.0187. The third-order valence-corrected chi connectivity index (χ3v) is 5.25. The maximum atomic E-state index is 11.6. The predicted molar refractivity (Wildman–Crippen MR) is 98.7 cm³/mol. The van der Waals surface area contributed by atoms with Crippen LogP contribution in [0, 0.1) is 0 Å². The van der Waals surface area contributed by atoms with Gasteiger partial charge in [0.1, 0.15) is 0 Å². The molecule has 2 aromatic carbocycles. The fraction of sp³-hybridized carbons (Fsp3) is 0.294. The average molecular weight is 388 g/mol. The molecule has 7 heteroatoms. The molecule has 2 N–H and O–H groups in total. The maximum absolute atomic E-state index is 11.6. The molecule has 4 nitrogen and oxygen atoms in total. The molecule has 2 rings (SSSR count). The van der Waals surface area contributed by atoms with E-state index in [2.05, 4.69) is 5.32 Å². The number of aliphatic hydroxyl groups is 1. The Morgan fingerprint density at radius 2 is 1.75 bits per heavy atom. The maximum Gasteiger partial charge on any atom is 0.175 e. The Hall–Kier alpha value is -1.27. The minimum Gasteiger partial charge on any atom is -0.392 e. The predicted octanol–water partition coefficient (Wildman–Crippen LogP) is 3.93. The van der Waals surface area contributed by atoms with Crippen molar-refractivity contribution in [3.8, 4) is 0 Å². The van der Waals surface area contributed by atoms with Crippen LogP contribution in [-0.2, 0) is 22.9 Å². The standard InChI is InChI=1S/C17H19Cl2NO3S/c1-11(6-12-4-3-5-14(7-12)24(2,22)23)20-17-15(18)8-13(10-21)9-16(17)19/h3-5,7-9,11,20-21H,6,10H2,1-2H3/t11-/m0/s1. The summed E-state index contributed by atoms with van der Waals surface area (Å²) in [5.74, 6) is 0. The Labute approximate surface area is 152 Å². The summed E-state index contributed by atoms with van der Waals surface area (Å²) < 4.78 is 23.3. The van der Waals surface area contributed by atoms with Crippen LogP contribution in [0.1, 0.15) is 18.1 Å². The Morgan fingerprint density at radius 1 is 1.12 bits per heavy atom. The summed E-state index contributed by atoms with van der Waals surface area (Å²) in [6, 6.07) is 10.2. The Balaban J connectivity index is 2.16. The van der Waals surface area contributed by atoms with Gasteiger partial charge in [0.2, 0.25) is 0 Å². The highest BCUT2D eigenvalue weighted by molar-refractivity contribution is 7.90. The first kappa shape index (κ1) is 19.1. The van der Waals surface area contributed by atoms with E-state index < -0.39 is 9.84 Å². The molecule has 0 spiro atoms. The smallest absolute Gasteiger partial charge is 0.175 e. The second kappa shape index (κ2) is 7.74. The summed E-state index contributed by atoms with van der Waals surface area (Å²) in [7, 11) is -3.23. The molecule has 0 aliphatic carbocycles. The summed E-state index contributed by atoms with van der Waals surface area (Å²) in [5.41, 5.74) is 2.14. The third-order valence-electron chi connectivity index (χ3n) is 3.54. The highest BCUT2D eigenvalue weighted by Gasteiger charge is 2.13. The van der Waals surface area contributed by atoms with Gasteiger partial charge in [-0.2, -0.15) is 0 Å². The van der Waals surface area contributed by atoms with Gasteiger partial charge < -0.3 is 10.4 Å². The van der Waals surface area contributed by atoms with Gasteiger partial charge >= 0.3 is 0 Å². The zero-order valence-corrected chi connectivity index (χ0v) is 15.7. The molecule has 130 valence electrons. The van der Waals surface area contributed by atoms with Crippen molar-refractivity contribution in [2.75, 3.05) is 11.6 Å². The van der Waals surface area contributed by atoms with Crippen LogP contribution in [0.15, 0.2) is 41.3 Å². The molecule has 1 atom stereocenters. The van der Waals surface area contributed by atoms with Crippen molar-refractivity contribution in [3.05, 3.63) is 57.6 Å². The van der Waals surface area contributed by atoms with Gasteiger partial charge in [0.05, 0.1) is 27.2 Å². The van der Waals surface area contributed by atoms with E-state index in [1.54, 1.807) is 30.3 Å². The summed E-state index contributed by atoms with van der Waals surface area (Å²) >= 11 is 12.4. The van der Waals surface area contributed by atoms with Crippen LogP contribution in [0.2, 0.25) is 10.0 Å². The van der Waals surface area contributed by atoms with Crippen molar-refractivity contribution < 1.29 is 13.5 Å². The van der Waals surface area contributed by atoms with Crippen molar-refractivity contribution >= 4 is 38.7 Å². The number of hydrogen-bond donors (Lipinski definition) is 2. The van der Waals surface area contributed by atoms with E-state index in [1.807, 2.05) is 13.0 Å². The first-order valence-corrected chi connectivity index (χ1v) is 9.99. The zero-order valence-electron chi connectivity index (χ0n) is 13.4. The van der Waals surface area contributed by atoms with Crippen LogP contribution in [0.25, 0.3) is 0 Å². The molecule has 0 aromatic heterocycles. The fourth-order valence-corrected chi connectivity index (χ4v) is 3.74. The molecule has 0 saturated heterocycles. The van der Waals surface area contributed by atoms with Crippen molar-refractivity contribution in [2.45, 2.75) is 30.9 Å². The highest BCUT2D eigenvalue weighted by atomic mass is 35.5. The van der Waals surface area contributed by atoms with Gasteiger partial charge in [-0.3, -0.25) is 0 Å². The molecular formula is C17H19Cl2NO3S. The number of anilines is 1. The lowest BCUT2D eigenvalue weighted by Crippen LogP contribution is -2.19. The van der Waals surface area contributed by atoms with E-state index in [-0.39, 0.29) is 12.6 Å². The van der Waals surface area contributed by atoms with Gasteiger partial charge in [0.25, 0.3) is 0 Å². The topological polar surface area (TPSA) is 66.4 Å². The molecule has 0 heterocycles. The average Bonchev–Trinajstić information content (AvgIpc) is 2.50. The Kier molecular flexibility index (Phi) is 6.15. The molecule has 0 radical (unpaired) electrons. The van der Waals surface area contributed by atoms with Gasteiger partial charge in [-0.15, -0.1) is 0 Å². The number of rotatable bonds is 6. The molecule has 0 aliphatic rings. The lowest BCUT2D eigenvalue weighted by Gasteiger charge is -2.18. The van der Waals surface area contributed by atoms with Gasteiger partial charge in [-0.05, 0) is 48.7 Å². The molecule has 0 fully saturated rings. The number of benzene rings is 2. The van der Waals surface area contributed by atoms with Crippen LogP contribution in [0.4, 0.5) is 5.69 Å². The molecule has 2 aromatic rings. The first-order valence-electron chi connectivity index (χ1n) is 7.35. The molecule has 0 unspecified atom stereocenters. The van der Waals surface area contributed by atoms with Crippen molar-refractivity contribution in [1.82, 2.24) is 0 Å². The van der Waals surface area contributed by atoms with Crippen molar-refractivity contribution in [3.63, 3.8) is 0 Å². The zero-order chi connectivity index (χ0) is 17.9. The molecular weight excluding hydrogens is 369 g/mol. The second-order valence-corrected chi connectivity index (χ2v) is 8.59. The van der Waals surface area contributed by atoms with Gasteiger partial charge in [-0.1, -0.05) is 35.3 Å². The van der Waals surface area contributed by atoms with Crippen LogP contribution in [0.3, 0.4) is 0 Å². The van der Waals surface area contributed by atoms with Crippen LogP contribution >= 0.6 is 23.2 Å². The number of nitrogens with one attached hydrogen (secondary N) is 1. The lowest BCUT2D eigenvalue weighted by molar-refractivity contribution is 0.282. The Bertz CT molecular complexity index is 814. The van der Waals surface area contributed by atoms with Crippen molar-refractivity contribution in [2.24, 2.45) is 0 Å². The van der Waals surface area contributed by atoms with E-state index in [1.165, 1.54) is 6.26 Å². The Morgan fingerprint density at radius 3 is 2.29 bits per heavy atom. The summed E-state index contributed by atoms with van der Waals surface area (Å²) in [6.45, 7) is 1.83. The monoisotopic (exact) mass is 387 g/mol. The quantitative estimate of drug-likeness (QED) is 0.787. The van der Waals surface area contributed by atoms with Crippen LogP contribution in [-0.4, -0.2) is 25.8 Å². The van der Waals surface area contributed by atoms with E-state index in [0.29, 0.717) is 32.6 Å². The SMILES string of the molecule is C[C@@H](Cc1cccc(S(C)(=O)=O)c1)Nc1c(Cl)cc(CO)cc1Cl. The minimum atomic E-state index is -3.23. The first-order chi connectivity index (χ1) is 11.2. The molecule has 0 bridgehead atoms. The molecule has 24 heavy (non-hydrogen) atoms. The highest BCUT2D eigenvalue weighted by Crippen LogP contribution is 2.32.